The zero-order valence-electron chi connectivity index (χ0n) is 12.5. The summed E-state index contributed by atoms with van der Waals surface area (Å²) < 4.78 is 24.1. The number of rotatable bonds is 5. The Kier molecular flexibility index (Phi) is 3.62. The van der Waals surface area contributed by atoms with Gasteiger partial charge in [0.25, 0.3) is 0 Å². The molecule has 3 nitrogen and oxygen atoms in total. The molecule has 2 aliphatic carbocycles. The van der Waals surface area contributed by atoms with Gasteiger partial charge < -0.3 is 0 Å². The number of Topliss-reactive ketones (excluding diaryl/α,β-unsaturated/α-hetero) is 1. The van der Waals surface area contributed by atoms with E-state index in [0.717, 1.165) is 19.3 Å². The second-order valence-electron chi connectivity index (χ2n) is 6.88. The largest absolute Gasteiger partial charge is 0.299 e. The van der Waals surface area contributed by atoms with E-state index < -0.39 is 9.84 Å². The van der Waals surface area contributed by atoms with Crippen molar-refractivity contribution in [1.82, 2.24) is 0 Å². The molecule has 4 heteroatoms. The molecule has 110 valence electrons. The highest BCUT2D eigenvalue weighted by Crippen LogP contribution is 2.67. The van der Waals surface area contributed by atoms with Crippen molar-refractivity contribution in [2.75, 3.05) is 5.75 Å². The van der Waals surface area contributed by atoms with E-state index in [1.54, 1.807) is 13.8 Å². The van der Waals surface area contributed by atoms with Crippen LogP contribution >= 0.6 is 0 Å². The fraction of sp³-hybridized carbons (Fsp3) is 0.933. The summed E-state index contributed by atoms with van der Waals surface area (Å²) in [5, 5.41) is -0.342. The maximum absolute atomic E-state index is 12.4. The van der Waals surface area contributed by atoms with Crippen LogP contribution in [0.4, 0.5) is 0 Å². The molecule has 0 amide bonds. The summed E-state index contributed by atoms with van der Waals surface area (Å²) >= 11 is 0. The molecule has 1 unspecified atom stereocenters. The van der Waals surface area contributed by atoms with Gasteiger partial charge in [-0.15, -0.1) is 0 Å². The summed E-state index contributed by atoms with van der Waals surface area (Å²) in [4.78, 5) is 12.4. The Labute approximate surface area is 117 Å². The van der Waals surface area contributed by atoms with E-state index >= 15 is 0 Å². The van der Waals surface area contributed by atoms with Gasteiger partial charge >= 0.3 is 0 Å². The van der Waals surface area contributed by atoms with Gasteiger partial charge in [-0.3, -0.25) is 4.79 Å². The van der Waals surface area contributed by atoms with Crippen LogP contribution in [-0.4, -0.2) is 25.2 Å². The Morgan fingerprint density at radius 2 is 2.00 bits per heavy atom. The predicted molar refractivity (Wildman–Crippen MR) is 76.7 cm³/mol. The Hall–Kier alpha value is -0.380. The van der Waals surface area contributed by atoms with E-state index in [2.05, 4.69) is 13.8 Å². The lowest BCUT2D eigenvalue weighted by Crippen LogP contribution is -2.39. The summed E-state index contributed by atoms with van der Waals surface area (Å²) in [6.45, 7) is 7.79. The zero-order valence-corrected chi connectivity index (χ0v) is 13.3. The van der Waals surface area contributed by atoms with Crippen LogP contribution in [0.2, 0.25) is 0 Å². The average molecular weight is 286 g/mol. The van der Waals surface area contributed by atoms with Crippen molar-refractivity contribution in [2.45, 2.75) is 65.0 Å². The van der Waals surface area contributed by atoms with Gasteiger partial charge in [0.05, 0.1) is 11.0 Å². The lowest BCUT2D eigenvalue weighted by atomic mass is 9.64. The fourth-order valence-electron chi connectivity index (χ4n) is 4.35. The maximum atomic E-state index is 12.4. The van der Waals surface area contributed by atoms with Gasteiger partial charge in [-0.2, -0.15) is 0 Å². The minimum atomic E-state index is -3.05. The number of carbonyl (C=O) groups excluding carboxylic acids is 1. The summed E-state index contributed by atoms with van der Waals surface area (Å²) in [6, 6.07) is 0. The molecule has 0 heterocycles. The third-order valence-electron chi connectivity index (χ3n) is 6.15. The van der Waals surface area contributed by atoms with Crippen LogP contribution in [0.15, 0.2) is 0 Å². The zero-order chi connectivity index (χ0) is 14.5. The lowest BCUT2D eigenvalue weighted by Gasteiger charge is -2.39. The SMILES string of the molecule is CCC1(C)[C@H]2CC[C@]1(CCS(=O)(=O)C(C)C)C(=O)C2. The summed E-state index contributed by atoms with van der Waals surface area (Å²) in [5.74, 6) is 0.970. The molecule has 0 aromatic heterocycles. The van der Waals surface area contributed by atoms with E-state index in [4.69, 9.17) is 0 Å². The number of ketones is 1. The highest BCUT2D eigenvalue weighted by Gasteiger charge is 2.65. The number of hydrogen-bond acceptors (Lipinski definition) is 3. The minimum Gasteiger partial charge on any atom is -0.299 e. The Morgan fingerprint density at radius 3 is 2.47 bits per heavy atom. The number of hydrogen-bond donors (Lipinski definition) is 0. The first-order chi connectivity index (χ1) is 8.69. The van der Waals surface area contributed by atoms with Gasteiger partial charge in [0.15, 0.2) is 9.84 Å². The Morgan fingerprint density at radius 1 is 1.37 bits per heavy atom. The molecule has 0 aromatic rings. The maximum Gasteiger partial charge on any atom is 0.152 e. The van der Waals surface area contributed by atoms with Crippen LogP contribution in [0.25, 0.3) is 0 Å². The minimum absolute atomic E-state index is 0.0244. The summed E-state index contributed by atoms with van der Waals surface area (Å²) in [6.07, 6.45) is 4.18. The van der Waals surface area contributed by atoms with Crippen molar-refractivity contribution in [2.24, 2.45) is 16.7 Å². The molecule has 2 aliphatic rings. The van der Waals surface area contributed by atoms with Gasteiger partial charge in [0.1, 0.15) is 5.78 Å². The highest BCUT2D eigenvalue weighted by molar-refractivity contribution is 7.91. The molecule has 2 bridgehead atoms. The molecule has 0 saturated heterocycles. The summed E-state index contributed by atoms with van der Waals surface area (Å²) in [5.41, 5.74) is -0.328. The van der Waals surface area contributed by atoms with Gasteiger partial charge in [-0.25, -0.2) is 8.42 Å². The molecular weight excluding hydrogens is 260 g/mol. The second kappa shape index (κ2) is 4.57. The standard InChI is InChI=1S/C15H26O3S/c1-5-14(4)12-6-7-15(14,13(16)10-12)8-9-19(17,18)11(2)3/h11-12H,5-10H2,1-4H3/t12-,14?,15-/m0/s1. The van der Waals surface area contributed by atoms with Gasteiger partial charge in [0.2, 0.25) is 0 Å². The molecule has 19 heavy (non-hydrogen) atoms. The molecule has 0 aliphatic heterocycles. The molecule has 2 fully saturated rings. The quantitative estimate of drug-likeness (QED) is 0.780. The van der Waals surface area contributed by atoms with Crippen LogP contribution in [0.1, 0.15) is 59.8 Å². The first-order valence-electron chi connectivity index (χ1n) is 7.44. The van der Waals surface area contributed by atoms with E-state index in [9.17, 15) is 13.2 Å². The molecule has 3 atom stereocenters. The molecule has 0 N–H and O–H groups in total. The average Bonchev–Trinajstić information content (AvgIpc) is 2.73. The van der Waals surface area contributed by atoms with Gasteiger partial charge in [-0.05, 0) is 50.9 Å². The van der Waals surface area contributed by atoms with Crippen LogP contribution in [-0.2, 0) is 14.6 Å². The number of carbonyl (C=O) groups is 1. The Balaban J connectivity index is 2.25. The highest BCUT2D eigenvalue weighted by atomic mass is 32.2. The first kappa shape index (κ1) is 15.0. The van der Waals surface area contributed by atoms with Crippen LogP contribution in [0.3, 0.4) is 0 Å². The van der Waals surface area contributed by atoms with Crippen molar-refractivity contribution < 1.29 is 13.2 Å². The van der Waals surface area contributed by atoms with Gasteiger partial charge in [-0.1, -0.05) is 13.8 Å². The van der Waals surface area contributed by atoms with Crippen molar-refractivity contribution in [3.05, 3.63) is 0 Å². The molecule has 0 radical (unpaired) electrons. The summed E-state index contributed by atoms with van der Waals surface area (Å²) in [7, 11) is -3.05. The fourth-order valence-corrected chi connectivity index (χ4v) is 5.45. The smallest absolute Gasteiger partial charge is 0.152 e. The van der Waals surface area contributed by atoms with E-state index in [-0.39, 0.29) is 21.8 Å². The van der Waals surface area contributed by atoms with Crippen LogP contribution < -0.4 is 0 Å². The van der Waals surface area contributed by atoms with E-state index in [1.807, 2.05) is 0 Å². The van der Waals surface area contributed by atoms with E-state index in [0.29, 0.717) is 24.5 Å². The van der Waals surface area contributed by atoms with Gasteiger partial charge in [0, 0.05) is 11.8 Å². The number of fused-ring (bicyclic) bond motifs is 2. The van der Waals surface area contributed by atoms with Crippen LogP contribution in [0.5, 0.6) is 0 Å². The van der Waals surface area contributed by atoms with Crippen molar-refractivity contribution in [1.29, 1.82) is 0 Å². The molecule has 2 rings (SSSR count). The number of sulfone groups is 1. The Bertz CT molecular complexity index is 480. The third-order valence-corrected chi connectivity index (χ3v) is 8.36. The molecule has 2 saturated carbocycles. The second-order valence-corrected chi connectivity index (χ2v) is 9.56. The lowest BCUT2D eigenvalue weighted by molar-refractivity contribution is -0.130. The third kappa shape index (κ3) is 1.98. The van der Waals surface area contributed by atoms with Crippen molar-refractivity contribution >= 4 is 15.6 Å². The molecular formula is C15H26O3S. The van der Waals surface area contributed by atoms with E-state index in [1.165, 1.54) is 0 Å². The van der Waals surface area contributed by atoms with Crippen molar-refractivity contribution in [3.63, 3.8) is 0 Å². The topological polar surface area (TPSA) is 51.2 Å². The van der Waals surface area contributed by atoms with Crippen LogP contribution in [0, 0.1) is 16.7 Å². The normalized spacial score (nSPS) is 38.4. The molecule has 0 aromatic carbocycles. The predicted octanol–water partition coefficient (Wildman–Crippen LogP) is 2.99. The molecule has 0 spiro atoms. The first-order valence-corrected chi connectivity index (χ1v) is 9.16. The monoisotopic (exact) mass is 286 g/mol. The van der Waals surface area contributed by atoms with Crippen molar-refractivity contribution in [3.8, 4) is 0 Å².